The summed E-state index contributed by atoms with van der Waals surface area (Å²) in [5.74, 6) is -0.00908. The van der Waals surface area contributed by atoms with E-state index >= 15 is 0 Å². The Morgan fingerprint density at radius 3 is 3.00 bits per heavy atom. The number of nitrogens with one attached hydrogen (secondary N) is 1. The van der Waals surface area contributed by atoms with Crippen LogP contribution >= 0.6 is 0 Å². The van der Waals surface area contributed by atoms with Gasteiger partial charge in [-0.05, 0) is 37.9 Å². The van der Waals surface area contributed by atoms with E-state index in [9.17, 15) is 14.9 Å². The predicted octanol–water partition coefficient (Wildman–Crippen LogP) is 0.877. The van der Waals surface area contributed by atoms with Crippen LogP contribution in [0.4, 0.5) is 5.69 Å². The molecule has 7 nitrogen and oxygen atoms in total. The standard InChI is InChI=1S/C15H20N4O3/c16-15(20)10-1-2-12(14(7-10)19(21)22)9-18-6-4-13-11(8-18)3-5-17-13/h1-2,7,11,13,17H,3-6,8-9H2,(H2,16,20). The van der Waals surface area contributed by atoms with E-state index in [0.29, 0.717) is 24.1 Å². The Kier molecular flexibility index (Phi) is 4.08. The van der Waals surface area contributed by atoms with Crippen molar-refractivity contribution in [3.63, 3.8) is 0 Å². The largest absolute Gasteiger partial charge is 0.366 e. The lowest BCUT2D eigenvalue weighted by molar-refractivity contribution is -0.385. The van der Waals surface area contributed by atoms with E-state index < -0.39 is 10.8 Å². The molecule has 2 aliphatic heterocycles. The summed E-state index contributed by atoms with van der Waals surface area (Å²) in [5.41, 5.74) is 5.99. The molecule has 0 aliphatic carbocycles. The number of hydrogen-bond acceptors (Lipinski definition) is 5. The fraction of sp³-hybridized carbons (Fsp3) is 0.533. The van der Waals surface area contributed by atoms with Crippen molar-refractivity contribution in [1.29, 1.82) is 0 Å². The molecule has 0 radical (unpaired) electrons. The van der Waals surface area contributed by atoms with Crippen LogP contribution in [0.2, 0.25) is 0 Å². The summed E-state index contributed by atoms with van der Waals surface area (Å²) in [5, 5.41) is 14.8. The zero-order chi connectivity index (χ0) is 15.7. The van der Waals surface area contributed by atoms with E-state index in [4.69, 9.17) is 5.73 Å². The minimum atomic E-state index is -0.646. The molecule has 2 unspecified atom stereocenters. The molecule has 2 aliphatic rings. The van der Waals surface area contributed by atoms with Crippen molar-refractivity contribution in [2.75, 3.05) is 19.6 Å². The number of nitro groups is 1. The van der Waals surface area contributed by atoms with Gasteiger partial charge < -0.3 is 11.1 Å². The Balaban J connectivity index is 1.76. The second-order valence-corrected chi connectivity index (χ2v) is 6.10. The number of nitro benzene ring substituents is 1. The molecule has 3 N–H and O–H groups in total. The molecule has 1 aromatic carbocycles. The zero-order valence-corrected chi connectivity index (χ0v) is 12.3. The molecule has 2 heterocycles. The van der Waals surface area contributed by atoms with E-state index in [2.05, 4.69) is 10.2 Å². The van der Waals surface area contributed by atoms with Crippen LogP contribution in [0.25, 0.3) is 0 Å². The van der Waals surface area contributed by atoms with E-state index in [1.165, 1.54) is 12.5 Å². The molecule has 2 atom stereocenters. The number of fused-ring (bicyclic) bond motifs is 1. The molecule has 1 aromatic rings. The first kappa shape index (κ1) is 14.9. The van der Waals surface area contributed by atoms with Crippen molar-refractivity contribution in [3.05, 3.63) is 39.4 Å². The monoisotopic (exact) mass is 304 g/mol. The van der Waals surface area contributed by atoms with Crippen molar-refractivity contribution in [3.8, 4) is 0 Å². The van der Waals surface area contributed by atoms with Crippen molar-refractivity contribution >= 4 is 11.6 Å². The fourth-order valence-electron chi connectivity index (χ4n) is 3.53. The maximum Gasteiger partial charge on any atom is 0.274 e. The third kappa shape index (κ3) is 2.95. The Morgan fingerprint density at radius 1 is 1.45 bits per heavy atom. The summed E-state index contributed by atoms with van der Waals surface area (Å²) in [6.07, 6.45) is 2.25. The molecule has 2 fully saturated rings. The number of carbonyl (C=O) groups is 1. The molecule has 3 rings (SSSR count). The molecule has 22 heavy (non-hydrogen) atoms. The van der Waals surface area contributed by atoms with Crippen LogP contribution in [0.1, 0.15) is 28.8 Å². The second-order valence-electron chi connectivity index (χ2n) is 6.10. The number of primary amides is 1. The molecule has 0 aromatic heterocycles. The van der Waals surface area contributed by atoms with E-state index in [0.717, 1.165) is 26.1 Å². The van der Waals surface area contributed by atoms with Gasteiger partial charge >= 0.3 is 0 Å². The van der Waals surface area contributed by atoms with Gasteiger partial charge in [0.05, 0.1) is 4.92 Å². The van der Waals surface area contributed by atoms with Gasteiger partial charge in [0, 0.05) is 36.3 Å². The van der Waals surface area contributed by atoms with Crippen LogP contribution in [0.15, 0.2) is 18.2 Å². The number of likely N-dealkylation sites (tertiary alicyclic amines) is 1. The van der Waals surface area contributed by atoms with Crippen LogP contribution in [0.3, 0.4) is 0 Å². The van der Waals surface area contributed by atoms with Crippen molar-refractivity contribution in [2.24, 2.45) is 11.7 Å². The van der Waals surface area contributed by atoms with Gasteiger partial charge in [-0.3, -0.25) is 19.8 Å². The van der Waals surface area contributed by atoms with Crippen molar-refractivity contribution in [1.82, 2.24) is 10.2 Å². The van der Waals surface area contributed by atoms with Crippen LogP contribution in [-0.4, -0.2) is 41.4 Å². The van der Waals surface area contributed by atoms with E-state index in [1.54, 1.807) is 12.1 Å². The molecular formula is C15H20N4O3. The Hall–Kier alpha value is -1.99. The highest BCUT2D eigenvalue weighted by Crippen LogP contribution is 2.28. The first-order valence-electron chi connectivity index (χ1n) is 7.57. The van der Waals surface area contributed by atoms with Crippen LogP contribution < -0.4 is 11.1 Å². The third-order valence-electron chi connectivity index (χ3n) is 4.70. The maximum absolute atomic E-state index is 11.2. The van der Waals surface area contributed by atoms with Crippen LogP contribution in [-0.2, 0) is 6.54 Å². The Morgan fingerprint density at radius 2 is 2.27 bits per heavy atom. The van der Waals surface area contributed by atoms with Crippen molar-refractivity contribution in [2.45, 2.75) is 25.4 Å². The number of amides is 1. The predicted molar refractivity (Wildman–Crippen MR) is 81.4 cm³/mol. The van der Waals surface area contributed by atoms with Gasteiger partial charge in [-0.15, -0.1) is 0 Å². The van der Waals surface area contributed by atoms with Gasteiger partial charge in [-0.25, -0.2) is 0 Å². The SMILES string of the molecule is NC(=O)c1ccc(CN2CCC3NCCC3C2)c([N+](=O)[O-])c1. The summed E-state index contributed by atoms with van der Waals surface area (Å²) >= 11 is 0. The van der Waals surface area contributed by atoms with Gasteiger partial charge in [0.1, 0.15) is 0 Å². The summed E-state index contributed by atoms with van der Waals surface area (Å²) in [6, 6.07) is 5.09. The smallest absolute Gasteiger partial charge is 0.274 e. The van der Waals surface area contributed by atoms with E-state index in [1.807, 2.05) is 0 Å². The Labute approximate surface area is 128 Å². The first-order chi connectivity index (χ1) is 10.5. The minimum Gasteiger partial charge on any atom is -0.366 e. The maximum atomic E-state index is 11.2. The highest BCUT2D eigenvalue weighted by Gasteiger charge is 2.33. The number of piperidine rings is 1. The van der Waals surface area contributed by atoms with Gasteiger partial charge in [0.15, 0.2) is 0 Å². The highest BCUT2D eigenvalue weighted by atomic mass is 16.6. The quantitative estimate of drug-likeness (QED) is 0.635. The second kappa shape index (κ2) is 6.02. The summed E-state index contributed by atoms with van der Waals surface area (Å²) in [4.78, 5) is 24.3. The third-order valence-corrected chi connectivity index (χ3v) is 4.70. The minimum absolute atomic E-state index is 0.0250. The molecule has 0 saturated carbocycles. The number of nitrogens with two attached hydrogens (primary N) is 1. The summed E-state index contributed by atoms with van der Waals surface area (Å²) in [6.45, 7) is 3.50. The lowest BCUT2D eigenvalue weighted by Gasteiger charge is -2.34. The lowest BCUT2D eigenvalue weighted by Crippen LogP contribution is -2.44. The van der Waals surface area contributed by atoms with Gasteiger partial charge in [-0.1, -0.05) is 6.07 Å². The van der Waals surface area contributed by atoms with Gasteiger partial charge in [0.25, 0.3) is 5.69 Å². The highest BCUT2D eigenvalue weighted by molar-refractivity contribution is 5.93. The van der Waals surface area contributed by atoms with Crippen LogP contribution in [0.5, 0.6) is 0 Å². The molecule has 118 valence electrons. The molecule has 1 amide bonds. The first-order valence-corrected chi connectivity index (χ1v) is 7.57. The van der Waals surface area contributed by atoms with Gasteiger partial charge in [0.2, 0.25) is 5.91 Å². The number of benzene rings is 1. The normalized spacial score (nSPS) is 24.9. The molecule has 7 heteroatoms. The number of rotatable bonds is 4. The van der Waals surface area contributed by atoms with Crippen LogP contribution in [0, 0.1) is 16.0 Å². The molecule has 2 saturated heterocycles. The van der Waals surface area contributed by atoms with Crippen molar-refractivity contribution < 1.29 is 9.72 Å². The average Bonchev–Trinajstić information content (AvgIpc) is 2.94. The number of carbonyl (C=O) groups excluding carboxylic acids is 1. The van der Waals surface area contributed by atoms with Gasteiger partial charge in [-0.2, -0.15) is 0 Å². The average molecular weight is 304 g/mol. The topological polar surface area (TPSA) is 102 Å². The zero-order valence-electron chi connectivity index (χ0n) is 12.3. The molecule has 0 spiro atoms. The number of nitrogens with zero attached hydrogens (tertiary/aromatic N) is 2. The molecular weight excluding hydrogens is 284 g/mol. The summed E-state index contributed by atoms with van der Waals surface area (Å²) in [7, 11) is 0. The van der Waals surface area contributed by atoms with E-state index in [-0.39, 0.29) is 11.3 Å². The number of hydrogen-bond donors (Lipinski definition) is 2. The summed E-state index contributed by atoms with van der Waals surface area (Å²) < 4.78 is 0. The lowest BCUT2D eigenvalue weighted by atomic mass is 9.93. The fourth-order valence-corrected chi connectivity index (χ4v) is 3.53. The Bertz CT molecular complexity index is 604. The molecule has 0 bridgehead atoms.